The first kappa shape index (κ1) is 16.0. The summed E-state index contributed by atoms with van der Waals surface area (Å²) in [6, 6.07) is 15.0. The number of aryl methyl sites for hydroxylation is 1. The van der Waals surface area contributed by atoms with Crippen molar-refractivity contribution in [3.8, 4) is 22.5 Å². The maximum absolute atomic E-state index is 13.2. The van der Waals surface area contributed by atoms with Crippen LogP contribution >= 0.6 is 0 Å². The van der Waals surface area contributed by atoms with Gasteiger partial charge in [-0.25, -0.2) is 14.2 Å². The zero-order valence-corrected chi connectivity index (χ0v) is 13.8. The summed E-state index contributed by atoms with van der Waals surface area (Å²) >= 11 is 0. The number of hydrogen-bond donors (Lipinski definition) is 2. The summed E-state index contributed by atoms with van der Waals surface area (Å²) in [5, 5.41) is 17.1. The van der Waals surface area contributed by atoms with E-state index in [1.807, 2.05) is 31.2 Å². The second-order valence-electron chi connectivity index (χ2n) is 6.03. The number of halogens is 1. The molecule has 2 aromatic heterocycles. The molecule has 0 spiro atoms. The molecule has 4 rings (SSSR count). The Bertz CT molecular complexity index is 1130. The number of rotatable bonds is 3. The summed E-state index contributed by atoms with van der Waals surface area (Å²) in [5.41, 5.74) is 3.95. The lowest BCUT2D eigenvalue weighted by Crippen LogP contribution is -2.00. The maximum atomic E-state index is 13.2. The molecule has 0 saturated heterocycles. The minimum atomic E-state index is -1.07. The number of carbonyl (C=O) groups is 1. The molecule has 0 unspecified atom stereocenters. The fourth-order valence-electron chi connectivity index (χ4n) is 2.97. The van der Waals surface area contributed by atoms with Crippen molar-refractivity contribution in [1.29, 1.82) is 0 Å². The van der Waals surface area contributed by atoms with Crippen LogP contribution in [0.15, 0.2) is 54.6 Å². The molecule has 0 bridgehead atoms. The second kappa shape index (κ2) is 6.07. The Morgan fingerprint density at radius 1 is 1.08 bits per heavy atom. The third-order valence-corrected chi connectivity index (χ3v) is 4.20. The average Bonchev–Trinajstić information content (AvgIpc) is 3.05. The Kier molecular flexibility index (Phi) is 3.73. The smallest absolute Gasteiger partial charge is 0.336 e. The maximum Gasteiger partial charge on any atom is 0.336 e. The molecule has 2 N–H and O–H groups in total. The van der Waals surface area contributed by atoms with Gasteiger partial charge in [0.2, 0.25) is 0 Å². The van der Waals surface area contributed by atoms with Gasteiger partial charge in [-0.2, -0.15) is 5.10 Å². The molecule has 26 heavy (non-hydrogen) atoms. The van der Waals surface area contributed by atoms with Gasteiger partial charge in [-0.3, -0.25) is 5.10 Å². The minimum absolute atomic E-state index is 0.0968. The van der Waals surface area contributed by atoms with Crippen molar-refractivity contribution in [2.45, 2.75) is 6.92 Å². The standard InChI is InChI=1S/C20H14FN3O2/c1-11-3-2-4-13(9-11)16-10-15(20(25)26)17-18(23-24-19(17)22-16)12-5-7-14(21)8-6-12/h2-10H,1H3,(H,25,26)(H,22,23,24). The van der Waals surface area contributed by atoms with Crippen LogP contribution in [0, 0.1) is 12.7 Å². The third kappa shape index (κ3) is 2.71. The molecular formula is C20H14FN3O2. The Hall–Kier alpha value is -3.54. The summed E-state index contributed by atoms with van der Waals surface area (Å²) in [5.74, 6) is -1.44. The highest BCUT2D eigenvalue weighted by molar-refractivity contribution is 6.08. The van der Waals surface area contributed by atoms with Gasteiger partial charge < -0.3 is 5.11 Å². The van der Waals surface area contributed by atoms with Crippen molar-refractivity contribution in [3.63, 3.8) is 0 Å². The zero-order chi connectivity index (χ0) is 18.3. The van der Waals surface area contributed by atoms with Crippen LogP contribution in [0.1, 0.15) is 15.9 Å². The predicted octanol–water partition coefficient (Wildman–Crippen LogP) is 4.44. The van der Waals surface area contributed by atoms with Crippen molar-refractivity contribution in [3.05, 3.63) is 71.5 Å². The van der Waals surface area contributed by atoms with Crippen molar-refractivity contribution >= 4 is 17.0 Å². The Labute approximate surface area is 148 Å². The summed E-state index contributed by atoms with van der Waals surface area (Å²) in [6.07, 6.45) is 0. The molecular weight excluding hydrogens is 333 g/mol. The SMILES string of the molecule is Cc1cccc(-c2cc(C(=O)O)c3c(-c4ccc(F)cc4)[nH]nc3n2)c1. The van der Waals surface area contributed by atoms with Crippen LogP contribution in [-0.2, 0) is 0 Å². The van der Waals surface area contributed by atoms with Crippen molar-refractivity contribution in [2.75, 3.05) is 0 Å². The number of pyridine rings is 1. The molecule has 0 fully saturated rings. The van der Waals surface area contributed by atoms with E-state index in [4.69, 9.17) is 0 Å². The summed E-state index contributed by atoms with van der Waals surface area (Å²) in [4.78, 5) is 16.4. The highest BCUT2D eigenvalue weighted by Crippen LogP contribution is 2.31. The fraction of sp³-hybridized carbons (Fsp3) is 0.0500. The molecule has 0 atom stereocenters. The van der Waals surface area contributed by atoms with Crippen LogP contribution in [-0.4, -0.2) is 26.3 Å². The number of carboxylic acids is 1. The van der Waals surface area contributed by atoms with E-state index in [0.29, 0.717) is 28.0 Å². The number of aromatic nitrogens is 3. The van der Waals surface area contributed by atoms with E-state index in [1.54, 1.807) is 18.2 Å². The number of fused-ring (bicyclic) bond motifs is 1. The lowest BCUT2D eigenvalue weighted by Gasteiger charge is -2.06. The van der Waals surface area contributed by atoms with Gasteiger partial charge in [0.25, 0.3) is 0 Å². The van der Waals surface area contributed by atoms with Gasteiger partial charge in [-0.15, -0.1) is 0 Å². The lowest BCUT2D eigenvalue weighted by molar-refractivity contribution is 0.0699. The number of nitrogens with one attached hydrogen (secondary N) is 1. The average molecular weight is 347 g/mol. The van der Waals surface area contributed by atoms with Crippen LogP contribution < -0.4 is 0 Å². The van der Waals surface area contributed by atoms with E-state index in [1.165, 1.54) is 12.1 Å². The quantitative estimate of drug-likeness (QED) is 0.574. The van der Waals surface area contributed by atoms with Crippen LogP contribution in [0.3, 0.4) is 0 Å². The predicted molar refractivity (Wildman–Crippen MR) is 96.4 cm³/mol. The molecule has 0 amide bonds. The van der Waals surface area contributed by atoms with Crippen LogP contribution in [0.5, 0.6) is 0 Å². The summed E-state index contributed by atoms with van der Waals surface area (Å²) in [6.45, 7) is 1.96. The van der Waals surface area contributed by atoms with Gasteiger partial charge >= 0.3 is 5.97 Å². The van der Waals surface area contributed by atoms with E-state index >= 15 is 0 Å². The van der Waals surface area contributed by atoms with E-state index in [2.05, 4.69) is 15.2 Å². The second-order valence-corrected chi connectivity index (χ2v) is 6.03. The monoisotopic (exact) mass is 347 g/mol. The van der Waals surface area contributed by atoms with Gasteiger partial charge in [0.15, 0.2) is 5.65 Å². The van der Waals surface area contributed by atoms with Gasteiger partial charge in [-0.1, -0.05) is 23.8 Å². The number of aromatic carboxylic acids is 1. The molecule has 0 saturated carbocycles. The molecule has 2 heterocycles. The first-order valence-electron chi connectivity index (χ1n) is 7.98. The number of aromatic amines is 1. The first-order valence-corrected chi connectivity index (χ1v) is 7.98. The van der Waals surface area contributed by atoms with Gasteiger partial charge in [0, 0.05) is 11.1 Å². The summed E-state index contributed by atoms with van der Waals surface area (Å²) in [7, 11) is 0. The van der Waals surface area contributed by atoms with Crippen LogP contribution in [0.25, 0.3) is 33.5 Å². The Balaban J connectivity index is 1.96. The molecule has 6 heteroatoms. The number of benzene rings is 2. The molecule has 2 aromatic carbocycles. The normalized spacial score (nSPS) is 11.0. The van der Waals surface area contributed by atoms with E-state index in [0.717, 1.165) is 11.1 Å². The highest BCUT2D eigenvalue weighted by Gasteiger charge is 2.19. The molecule has 4 aromatic rings. The number of hydrogen-bond acceptors (Lipinski definition) is 3. The lowest BCUT2D eigenvalue weighted by atomic mass is 10.0. The molecule has 0 radical (unpaired) electrons. The van der Waals surface area contributed by atoms with Crippen LogP contribution in [0.2, 0.25) is 0 Å². The van der Waals surface area contributed by atoms with Gasteiger partial charge in [0.1, 0.15) is 5.82 Å². The molecule has 0 aliphatic carbocycles. The minimum Gasteiger partial charge on any atom is -0.478 e. The highest BCUT2D eigenvalue weighted by atomic mass is 19.1. The third-order valence-electron chi connectivity index (χ3n) is 4.20. The van der Waals surface area contributed by atoms with Crippen molar-refractivity contribution in [1.82, 2.24) is 15.2 Å². The first-order chi connectivity index (χ1) is 12.5. The van der Waals surface area contributed by atoms with E-state index in [-0.39, 0.29) is 11.4 Å². The van der Waals surface area contributed by atoms with Gasteiger partial charge in [0.05, 0.1) is 22.3 Å². The number of H-pyrrole nitrogens is 1. The van der Waals surface area contributed by atoms with Gasteiger partial charge in [-0.05, 0) is 43.3 Å². The van der Waals surface area contributed by atoms with E-state index < -0.39 is 5.97 Å². The largest absolute Gasteiger partial charge is 0.478 e. The topological polar surface area (TPSA) is 78.9 Å². The Morgan fingerprint density at radius 3 is 2.54 bits per heavy atom. The Morgan fingerprint density at radius 2 is 1.85 bits per heavy atom. The van der Waals surface area contributed by atoms with Crippen LogP contribution in [0.4, 0.5) is 4.39 Å². The zero-order valence-electron chi connectivity index (χ0n) is 13.8. The fourth-order valence-corrected chi connectivity index (χ4v) is 2.97. The number of nitrogens with zero attached hydrogens (tertiary/aromatic N) is 2. The summed E-state index contributed by atoms with van der Waals surface area (Å²) < 4.78 is 13.2. The molecule has 5 nitrogen and oxygen atoms in total. The molecule has 128 valence electrons. The van der Waals surface area contributed by atoms with E-state index in [9.17, 15) is 14.3 Å². The molecule has 0 aliphatic rings. The molecule has 0 aliphatic heterocycles. The number of carboxylic acid groups (broad SMARTS) is 1. The van der Waals surface area contributed by atoms with Crippen molar-refractivity contribution in [2.24, 2.45) is 0 Å². The van der Waals surface area contributed by atoms with Crippen molar-refractivity contribution < 1.29 is 14.3 Å².